The number of carbonyl (C=O) groups excluding carboxylic acids is 1. The molecule has 2 amide bonds. The van der Waals surface area contributed by atoms with Crippen LogP contribution in [0.1, 0.15) is 18.5 Å². The Balaban J connectivity index is 1.94. The van der Waals surface area contributed by atoms with Gasteiger partial charge in [-0.3, -0.25) is 5.32 Å². The van der Waals surface area contributed by atoms with Gasteiger partial charge in [0.25, 0.3) is 0 Å². The van der Waals surface area contributed by atoms with Crippen molar-refractivity contribution in [1.29, 1.82) is 0 Å². The van der Waals surface area contributed by atoms with Crippen LogP contribution < -0.4 is 16.0 Å². The number of hydrogen-bond acceptors (Lipinski definition) is 4. The van der Waals surface area contributed by atoms with Gasteiger partial charge in [-0.2, -0.15) is 0 Å². The topological polar surface area (TPSA) is 79.2 Å². The van der Waals surface area contributed by atoms with Crippen molar-refractivity contribution in [2.24, 2.45) is 0 Å². The molecule has 100 valence electrons. The third-order valence-electron chi connectivity index (χ3n) is 2.78. The molecule has 0 bridgehead atoms. The van der Waals surface area contributed by atoms with E-state index in [1.165, 1.54) is 6.26 Å². The van der Waals surface area contributed by atoms with Crippen LogP contribution in [0.5, 0.6) is 0 Å². The lowest BCUT2D eigenvalue weighted by molar-refractivity contribution is 0.262. The molecule has 1 aromatic carbocycles. The van der Waals surface area contributed by atoms with E-state index in [2.05, 4.69) is 32.6 Å². The maximum absolute atomic E-state index is 11.6. The van der Waals surface area contributed by atoms with Crippen molar-refractivity contribution in [2.45, 2.75) is 13.0 Å². The molecule has 0 fully saturated rings. The Morgan fingerprint density at radius 3 is 2.53 bits per heavy atom. The number of rotatable bonds is 4. The second-order valence-corrected chi connectivity index (χ2v) is 4.10. The van der Waals surface area contributed by atoms with Crippen molar-refractivity contribution in [3.05, 3.63) is 42.2 Å². The zero-order valence-electron chi connectivity index (χ0n) is 10.8. The Labute approximate surface area is 111 Å². The van der Waals surface area contributed by atoms with E-state index in [4.69, 9.17) is 0 Å². The number of nitrogens with zero attached hydrogens (tertiary/aromatic N) is 1. The lowest BCUT2D eigenvalue weighted by Crippen LogP contribution is -2.19. The first-order valence-electron chi connectivity index (χ1n) is 5.94. The number of amides is 2. The quantitative estimate of drug-likeness (QED) is 0.789. The van der Waals surface area contributed by atoms with Crippen molar-refractivity contribution < 1.29 is 9.32 Å². The van der Waals surface area contributed by atoms with Gasteiger partial charge in [-0.25, -0.2) is 4.79 Å². The number of nitrogens with one attached hydrogen (secondary N) is 3. The highest BCUT2D eigenvalue weighted by Gasteiger charge is 2.06. The lowest BCUT2D eigenvalue weighted by Gasteiger charge is -2.11. The molecular formula is C13H16N4O2. The molecule has 1 heterocycles. The first-order valence-corrected chi connectivity index (χ1v) is 5.94. The summed E-state index contributed by atoms with van der Waals surface area (Å²) in [4.78, 5) is 11.6. The molecule has 0 saturated heterocycles. The molecule has 0 aliphatic heterocycles. The summed E-state index contributed by atoms with van der Waals surface area (Å²) < 4.78 is 4.62. The van der Waals surface area contributed by atoms with Crippen molar-refractivity contribution in [2.75, 3.05) is 17.7 Å². The number of benzene rings is 1. The van der Waals surface area contributed by atoms with Crippen LogP contribution in [0, 0.1) is 0 Å². The summed E-state index contributed by atoms with van der Waals surface area (Å²) in [7, 11) is 1.90. The first-order chi connectivity index (χ1) is 9.19. The van der Waals surface area contributed by atoms with Gasteiger partial charge in [0, 0.05) is 17.8 Å². The molecule has 6 nitrogen and oxygen atoms in total. The van der Waals surface area contributed by atoms with Crippen LogP contribution in [-0.2, 0) is 0 Å². The maximum Gasteiger partial charge on any atom is 0.324 e. The smallest absolute Gasteiger partial charge is 0.324 e. The van der Waals surface area contributed by atoms with Gasteiger partial charge in [0.05, 0.1) is 0 Å². The summed E-state index contributed by atoms with van der Waals surface area (Å²) in [5.74, 6) is 0.373. The van der Waals surface area contributed by atoms with Gasteiger partial charge in [0.15, 0.2) is 5.82 Å². The Bertz CT molecular complexity index is 522. The standard InChI is InChI=1S/C13H16N4O2/c1-9(14-2)10-3-5-11(6-4-10)15-13(18)16-12-7-8-19-17-12/h3-9,14H,1-2H3,(H2,15,16,17,18). The zero-order valence-corrected chi connectivity index (χ0v) is 10.8. The Hall–Kier alpha value is -2.34. The summed E-state index contributed by atoms with van der Waals surface area (Å²) >= 11 is 0. The van der Waals surface area contributed by atoms with Gasteiger partial charge in [0.2, 0.25) is 0 Å². The van der Waals surface area contributed by atoms with Crippen LogP contribution in [0.15, 0.2) is 41.1 Å². The summed E-state index contributed by atoms with van der Waals surface area (Å²) in [6.45, 7) is 2.07. The highest BCUT2D eigenvalue weighted by atomic mass is 16.5. The van der Waals surface area contributed by atoms with E-state index in [0.29, 0.717) is 11.5 Å². The van der Waals surface area contributed by atoms with Crippen LogP contribution >= 0.6 is 0 Å². The summed E-state index contributed by atoms with van der Waals surface area (Å²) in [6, 6.07) is 9.12. The van der Waals surface area contributed by atoms with Crippen LogP contribution in [0.25, 0.3) is 0 Å². The maximum atomic E-state index is 11.6. The second kappa shape index (κ2) is 6.01. The molecule has 3 N–H and O–H groups in total. The summed E-state index contributed by atoms with van der Waals surface area (Å²) in [5.41, 5.74) is 1.87. The summed E-state index contributed by atoms with van der Waals surface area (Å²) in [5, 5.41) is 12.0. The summed E-state index contributed by atoms with van der Waals surface area (Å²) in [6.07, 6.45) is 1.39. The van der Waals surface area contributed by atoms with Gasteiger partial charge < -0.3 is 15.2 Å². The zero-order chi connectivity index (χ0) is 13.7. The molecule has 2 aromatic rings. The minimum Gasteiger partial charge on any atom is -0.363 e. The fourth-order valence-electron chi connectivity index (χ4n) is 1.58. The number of hydrogen-bond donors (Lipinski definition) is 3. The van der Waals surface area contributed by atoms with E-state index in [-0.39, 0.29) is 12.1 Å². The minimum atomic E-state index is -0.358. The lowest BCUT2D eigenvalue weighted by atomic mass is 10.1. The fourth-order valence-corrected chi connectivity index (χ4v) is 1.58. The van der Waals surface area contributed by atoms with Gasteiger partial charge >= 0.3 is 6.03 Å². The van der Waals surface area contributed by atoms with E-state index < -0.39 is 0 Å². The Kier molecular flexibility index (Phi) is 4.15. The molecule has 0 saturated carbocycles. The van der Waals surface area contributed by atoms with Gasteiger partial charge in [-0.1, -0.05) is 17.3 Å². The Morgan fingerprint density at radius 2 is 1.95 bits per heavy atom. The minimum absolute atomic E-state index is 0.276. The molecule has 0 aliphatic rings. The molecule has 1 aromatic heterocycles. The van der Waals surface area contributed by atoms with Gasteiger partial charge in [0.1, 0.15) is 6.26 Å². The molecule has 0 radical (unpaired) electrons. The average Bonchev–Trinajstić information content (AvgIpc) is 2.91. The van der Waals surface area contributed by atoms with Gasteiger partial charge in [-0.15, -0.1) is 0 Å². The number of aromatic nitrogens is 1. The van der Waals surface area contributed by atoms with Crippen molar-refractivity contribution in [1.82, 2.24) is 10.5 Å². The second-order valence-electron chi connectivity index (χ2n) is 4.10. The largest absolute Gasteiger partial charge is 0.363 e. The SMILES string of the molecule is CNC(C)c1ccc(NC(=O)Nc2ccon2)cc1. The molecule has 1 unspecified atom stereocenters. The fraction of sp³-hybridized carbons (Fsp3) is 0.231. The third kappa shape index (κ3) is 3.56. The molecular weight excluding hydrogens is 244 g/mol. The van der Waals surface area contributed by atoms with E-state index in [1.807, 2.05) is 31.3 Å². The Morgan fingerprint density at radius 1 is 1.21 bits per heavy atom. The highest BCUT2D eigenvalue weighted by molar-refractivity contribution is 5.99. The number of anilines is 2. The van der Waals surface area contributed by atoms with E-state index in [0.717, 1.165) is 5.56 Å². The third-order valence-corrected chi connectivity index (χ3v) is 2.78. The molecule has 0 aliphatic carbocycles. The van der Waals surface area contributed by atoms with Gasteiger partial charge in [-0.05, 0) is 31.7 Å². The highest BCUT2D eigenvalue weighted by Crippen LogP contribution is 2.15. The number of carbonyl (C=O) groups is 1. The van der Waals surface area contributed by atoms with Crippen molar-refractivity contribution >= 4 is 17.5 Å². The molecule has 19 heavy (non-hydrogen) atoms. The predicted molar refractivity (Wildman–Crippen MR) is 73.1 cm³/mol. The van der Waals surface area contributed by atoms with Crippen LogP contribution in [0.3, 0.4) is 0 Å². The molecule has 0 spiro atoms. The predicted octanol–water partition coefficient (Wildman–Crippen LogP) is 2.60. The van der Waals surface area contributed by atoms with E-state index in [1.54, 1.807) is 6.07 Å². The average molecular weight is 260 g/mol. The first kappa shape index (κ1) is 13.1. The number of urea groups is 1. The van der Waals surface area contributed by atoms with Crippen molar-refractivity contribution in [3.8, 4) is 0 Å². The van der Waals surface area contributed by atoms with Crippen LogP contribution in [0.2, 0.25) is 0 Å². The molecule has 2 rings (SSSR count). The monoisotopic (exact) mass is 260 g/mol. The molecule has 6 heteroatoms. The van der Waals surface area contributed by atoms with E-state index in [9.17, 15) is 4.79 Å². The molecule has 1 atom stereocenters. The van der Waals surface area contributed by atoms with E-state index >= 15 is 0 Å². The van der Waals surface area contributed by atoms with Crippen LogP contribution in [0.4, 0.5) is 16.3 Å². The van der Waals surface area contributed by atoms with Crippen LogP contribution in [-0.4, -0.2) is 18.2 Å². The van der Waals surface area contributed by atoms with Crippen molar-refractivity contribution in [3.63, 3.8) is 0 Å². The normalized spacial score (nSPS) is 11.9.